The highest BCUT2D eigenvalue weighted by molar-refractivity contribution is 5.31. The van der Waals surface area contributed by atoms with E-state index in [9.17, 15) is 9.59 Å². The number of ether oxygens (including phenoxy) is 1. The van der Waals surface area contributed by atoms with Gasteiger partial charge in [0.05, 0.1) is 0 Å². The maximum atomic E-state index is 11.2. The molecule has 0 fully saturated rings. The van der Waals surface area contributed by atoms with Crippen molar-refractivity contribution in [1.29, 1.82) is 0 Å². The van der Waals surface area contributed by atoms with Crippen molar-refractivity contribution >= 4 is 0 Å². The molecule has 1 aromatic carbocycles. The van der Waals surface area contributed by atoms with Gasteiger partial charge in [-0.1, -0.05) is 18.2 Å². The van der Waals surface area contributed by atoms with Gasteiger partial charge in [0, 0.05) is 24.8 Å². The SMILES string of the molecule is Cc1ccccc1OCCN(C)Cc1cc(=O)[nH]c(=O)[nH]1. The van der Waals surface area contributed by atoms with Crippen LogP contribution in [0.5, 0.6) is 5.75 Å². The van der Waals surface area contributed by atoms with Gasteiger partial charge in [0.15, 0.2) is 0 Å². The molecule has 0 unspecified atom stereocenters. The number of aromatic nitrogens is 2. The van der Waals surface area contributed by atoms with Crippen molar-refractivity contribution in [2.45, 2.75) is 13.5 Å². The number of nitrogens with one attached hydrogen (secondary N) is 2. The lowest BCUT2D eigenvalue weighted by atomic mass is 10.2. The van der Waals surface area contributed by atoms with E-state index < -0.39 is 11.2 Å². The van der Waals surface area contributed by atoms with E-state index >= 15 is 0 Å². The average molecular weight is 289 g/mol. The van der Waals surface area contributed by atoms with Gasteiger partial charge in [0.1, 0.15) is 12.4 Å². The van der Waals surface area contributed by atoms with Gasteiger partial charge in [-0.05, 0) is 25.6 Å². The molecule has 2 N–H and O–H groups in total. The van der Waals surface area contributed by atoms with Crippen LogP contribution in [0, 0.1) is 6.92 Å². The molecule has 0 bridgehead atoms. The number of H-pyrrole nitrogens is 2. The minimum atomic E-state index is -0.484. The van der Waals surface area contributed by atoms with E-state index in [4.69, 9.17) is 4.74 Å². The summed E-state index contributed by atoms with van der Waals surface area (Å²) in [6.45, 7) is 3.70. The Kier molecular flexibility index (Phi) is 4.94. The minimum Gasteiger partial charge on any atom is -0.492 e. The molecule has 0 amide bonds. The van der Waals surface area contributed by atoms with Gasteiger partial charge in [-0.3, -0.25) is 14.7 Å². The third kappa shape index (κ3) is 4.61. The van der Waals surface area contributed by atoms with Crippen LogP contribution in [0.25, 0.3) is 0 Å². The topological polar surface area (TPSA) is 78.2 Å². The first-order valence-corrected chi connectivity index (χ1v) is 6.74. The Labute approximate surface area is 122 Å². The molecule has 112 valence electrons. The van der Waals surface area contributed by atoms with Crippen molar-refractivity contribution in [3.05, 3.63) is 62.4 Å². The number of likely N-dealkylation sites (N-methyl/N-ethyl adjacent to an activating group) is 1. The molecular formula is C15H19N3O3. The Morgan fingerprint density at radius 3 is 2.67 bits per heavy atom. The van der Waals surface area contributed by atoms with Gasteiger partial charge in [0.25, 0.3) is 5.56 Å². The molecule has 6 nitrogen and oxygen atoms in total. The summed E-state index contributed by atoms with van der Waals surface area (Å²) >= 11 is 0. The monoisotopic (exact) mass is 289 g/mol. The molecule has 0 saturated carbocycles. The summed E-state index contributed by atoms with van der Waals surface area (Å²) in [5.41, 5.74) is 0.807. The highest BCUT2D eigenvalue weighted by Gasteiger charge is 2.04. The second-order valence-corrected chi connectivity index (χ2v) is 4.96. The Hall–Kier alpha value is -2.34. The third-order valence-corrected chi connectivity index (χ3v) is 3.08. The van der Waals surface area contributed by atoms with Crippen LogP contribution in [0.1, 0.15) is 11.3 Å². The molecule has 0 spiro atoms. The lowest BCUT2D eigenvalue weighted by Gasteiger charge is -2.17. The van der Waals surface area contributed by atoms with Crippen LogP contribution < -0.4 is 16.0 Å². The van der Waals surface area contributed by atoms with Crippen LogP contribution in [0.15, 0.2) is 39.9 Å². The van der Waals surface area contributed by atoms with E-state index in [1.54, 1.807) is 0 Å². The predicted molar refractivity (Wildman–Crippen MR) is 80.7 cm³/mol. The molecule has 1 heterocycles. The van der Waals surface area contributed by atoms with E-state index in [0.717, 1.165) is 11.3 Å². The van der Waals surface area contributed by atoms with E-state index in [1.807, 2.05) is 43.1 Å². The van der Waals surface area contributed by atoms with Gasteiger partial charge in [0.2, 0.25) is 0 Å². The number of nitrogens with zero attached hydrogens (tertiary/aromatic N) is 1. The molecule has 0 aliphatic carbocycles. The number of para-hydroxylation sites is 1. The Bertz CT molecular complexity index is 677. The Balaban J connectivity index is 1.85. The van der Waals surface area contributed by atoms with Gasteiger partial charge >= 0.3 is 5.69 Å². The van der Waals surface area contributed by atoms with E-state index in [-0.39, 0.29) is 0 Å². The largest absolute Gasteiger partial charge is 0.492 e. The molecule has 0 aliphatic rings. The fourth-order valence-electron chi connectivity index (χ4n) is 2.00. The zero-order valence-corrected chi connectivity index (χ0v) is 12.2. The summed E-state index contributed by atoms with van der Waals surface area (Å²) in [6, 6.07) is 9.23. The molecular weight excluding hydrogens is 270 g/mol. The van der Waals surface area contributed by atoms with Crippen molar-refractivity contribution in [3.8, 4) is 5.75 Å². The quantitative estimate of drug-likeness (QED) is 0.827. The standard InChI is InChI=1S/C15H19N3O3/c1-11-5-3-4-6-13(11)21-8-7-18(2)10-12-9-14(19)17-15(20)16-12/h3-6,9H,7-8,10H2,1-2H3,(H2,16,17,19,20). The van der Waals surface area contributed by atoms with Crippen molar-refractivity contribution in [2.75, 3.05) is 20.2 Å². The van der Waals surface area contributed by atoms with E-state index in [1.165, 1.54) is 6.07 Å². The fourth-order valence-corrected chi connectivity index (χ4v) is 2.00. The van der Waals surface area contributed by atoms with E-state index in [2.05, 4.69) is 9.97 Å². The number of hydrogen-bond donors (Lipinski definition) is 2. The minimum absolute atomic E-state index is 0.390. The summed E-state index contributed by atoms with van der Waals surface area (Å²) in [6.07, 6.45) is 0. The molecule has 0 aliphatic heterocycles. The second kappa shape index (κ2) is 6.90. The third-order valence-electron chi connectivity index (χ3n) is 3.08. The summed E-state index contributed by atoms with van der Waals surface area (Å²) in [7, 11) is 1.90. The summed E-state index contributed by atoms with van der Waals surface area (Å²) in [4.78, 5) is 29.1. The zero-order chi connectivity index (χ0) is 15.2. The predicted octanol–water partition coefficient (Wildman–Crippen LogP) is 0.882. The molecule has 2 rings (SSSR count). The van der Waals surface area contributed by atoms with Crippen molar-refractivity contribution in [2.24, 2.45) is 0 Å². The average Bonchev–Trinajstić information content (AvgIpc) is 2.39. The van der Waals surface area contributed by atoms with Gasteiger partial charge in [-0.15, -0.1) is 0 Å². The molecule has 0 saturated heterocycles. The maximum absolute atomic E-state index is 11.2. The number of aromatic amines is 2. The molecule has 6 heteroatoms. The normalized spacial score (nSPS) is 10.8. The number of hydrogen-bond acceptors (Lipinski definition) is 4. The fraction of sp³-hybridized carbons (Fsp3) is 0.333. The lowest BCUT2D eigenvalue weighted by molar-refractivity contribution is 0.230. The van der Waals surface area contributed by atoms with E-state index in [0.29, 0.717) is 25.4 Å². The first-order chi connectivity index (χ1) is 10.0. The van der Waals surface area contributed by atoms with Gasteiger partial charge in [-0.25, -0.2) is 4.79 Å². The number of rotatable bonds is 6. The molecule has 1 aromatic heterocycles. The molecule has 21 heavy (non-hydrogen) atoms. The van der Waals surface area contributed by atoms with Crippen molar-refractivity contribution in [1.82, 2.24) is 14.9 Å². The summed E-state index contributed by atoms with van der Waals surface area (Å²) in [5.74, 6) is 0.871. The van der Waals surface area contributed by atoms with Gasteiger partial charge < -0.3 is 9.72 Å². The first kappa shape index (κ1) is 15.1. The van der Waals surface area contributed by atoms with Crippen LogP contribution in [0.3, 0.4) is 0 Å². The zero-order valence-electron chi connectivity index (χ0n) is 12.2. The number of aryl methyl sites for hydroxylation is 1. The molecule has 2 aromatic rings. The number of benzene rings is 1. The van der Waals surface area contributed by atoms with Crippen LogP contribution >= 0.6 is 0 Å². The van der Waals surface area contributed by atoms with Crippen LogP contribution in [0.2, 0.25) is 0 Å². The van der Waals surface area contributed by atoms with Crippen LogP contribution in [0.4, 0.5) is 0 Å². The van der Waals surface area contributed by atoms with Gasteiger partial charge in [-0.2, -0.15) is 0 Å². The highest BCUT2D eigenvalue weighted by atomic mass is 16.5. The van der Waals surface area contributed by atoms with Crippen molar-refractivity contribution < 1.29 is 4.74 Å². The summed E-state index contributed by atoms with van der Waals surface area (Å²) < 4.78 is 5.71. The second-order valence-electron chi connectivity index (χ2n) is 4.96. The first-order valence-electron chi connectivity index (χ1n) is 6.74. The summed E-state index contributed by atoms with van der Waals surface area (Å²) in [5, 5.41) is 0. The molecule has 0 radical (unpaired) electrons. The van der Waals surface area contributed by atoms with Crippen molar-refractivity contribution in [3.63, 3.8) is 0 Å². The maximum Gasteiger partial charge on any atom is 0.325 e. The Morgan fingerprint density at radius 2 is 1.95 bits per heavy atom. The Morgan fingerprint density at radius 1 is 1.19 bits per heavy atom. The van der Waals surface area contributed by atoms with Crippen LogP contribution in [-0.2, 0) is 6.54 Å². The molecule has 0 atom stereocenters. The lowest BCUT2D eigenvalue weighted by Crippen LogP contribution is -2.28. The highest BCUT2D eigenvalue weighted by Crippen LogP contribution is 2.15. The van der Waals surface area contributed by atoms with Crippen LogP contribution in [-0.4, -0.2) is 35.1 Å². The smallest absolute Gasteiger partial charge is 0.325 e.